The van der Waals surface area contributed by atoms with Gasteiger partial charge in [0.15, 0.2) is 11.6 Å². The van der Waals surface area contributed by atoms with Crippen LogP contribution in [0.15, 0.2) is 18.2 Å². The summed E-state index contributed by atoms with van der Waals surface area (Å²) in [4.78, 5) is 29.4. The molecule has 3 heterocycles. The van der Waals surface area contributed by atoms with E-state index in [1.54, 1.807) is 6.07 Å². The molecule has 1 aromatic rings. The van der Waals surface area contributed by atoms with Crippen LogP contribution >= 0.6 is 0 Å². The first-order valence-corrected chi connectivity index (χ1v) is 11.1. The fraction of sp³-hybridized carbons (Fsp3) is 0.652. The van der Waals surface area contributed by atoms with Crippen LogP contribution in [0.25, 0.3) is 0 Å². The average molecular weight is 420 g/mol. The molecule has 0 unspecified atom stereocenters. The van der Waals surface area contributed by atoms with Gasteiger partial charge in [0.2, 0.25) is 11.8 Å². The van der Waals surface area contributed by atoms with Gasteiger partial charge in [0.25, 0.3) is 0 Å². The minimum absolute atomic E-state index is 0.0366. The number of amides is 2. The van der Waals surface area contributed by atoms with E-state index in [-0.39, 0.29) is 17.7 Å². The molecule has 0 saturated carbocycles. The molecule has 30 heavy (non-hydrogen) atoms. The lowest BCUT2D eigenvalue weighted by atomic mass is 9.76. The Morgan fingerprint density at radius 1 is 1.23 bits per heavy atom. The van der Waals surface area contributed by atoms with Gasteiger partial charge in [-0.05, 0) is 55.8 Å². The maximum absolute atomic E-state index is 13.9. The van der Waals surface area contributed by atoms with Crippen molar-refractivity contribution in [2.24, 2.45) is 5.92 Å². The molecule has 3 atom stereocenters. The lowest BCUT2D eigenvalue weighted by Crippen LogP contribution is -2.56. The van der Waals surface area contributed by atoms with E-state index >= 15 is 0 Å². The number of hydrogen-bond donors (Lipinski definition) is 1. The van der Waals surface area contributed by atoms with Crippen LogP contribution in [-0.2, 0) is 9.59 Å². The summed E-state index contributed by atoms with van der Waals surface area (Å²) in [5.74, 6) is -1.33. The highest BCUT2D eigenvalue weighted by atomic mass is 19.2. The number of rotatable bonds is 4. The molecule has 2 amide bonds. The van der Waals surface area contributed by atoms with E-state index in [0.717, 1.165) is 38.5 Å². The van der Waals surface area contributed by atoms with E-state index < -0.39 is 17.2 Å². The van der Waals surface area contributed by atoms with Gasteiger partial charge < -0.3 is 15.1 Å². The Morgan fingerprint density at radius 3 is 2.80 bits per heavy atom. The molecule has 3 aliphatic heterocycles. The van der Waals surface area contributed by atoms with Gasteiger partial charge in [-0.3, -0.25) is 9.59 Å². The summed E-state index contributed by atoms with van der Waals surface area (Å²) < 4.78 is 27.4. The van der Waals surface area contributed by atoms with Gasteiger partial charge in [-0.25, -0.2) is 8.78 Å². The zero-order valence-electron chi connectivity index (χ0n) is 17.6. The predicted octanol–water partition coefficient (Wildman–Crippen LogP) is 3.05. The molecule has 0 bridgehead atoms. The first-order chi connectivity index (χ1) is 14.4. The van der Waals surface area contributed by atoms with Crippen molar-refractivity contribution in [1.29, 1.82) is 0 Å². The van der Waals surface area contributed by atoms with Crippen LogP contribution in [0, 0.1) is 17.6 Å². The first kappa shape index (κ1) is 21.2. The van der Waals surface area contributed by atoms with Crippen molar-refractivity contribution >= 4 is 11.8 Å². The molecule has 7 heteroatoms. The molecule has 1 aromatic carbocycles. The third kappa shape index (κ3) is 4.36. The highest BCUT2D eigenvalue weighted by molar-refractivity contribution is 5.80. The van der Waals surface area contributed by atoms with Gasteiger partial charge in [-0.1, -0.05) is 13.0 Å². The summed E-state index contributed by atoms with van der Waals surface area (Å²) >= 11 is 0. The van der Waals surface area contributed by atoms with Crippen molar-refractivity contribution in [3.63, 3.8) is 0 Å². The lowest BCUT2D eigenvalue weighted by molar-refractivity contribution is -0.132. The Hall–Kier alpha value is -2.02. The predicted molar refractivity (Wildman–Crippen MR) is 110 cm³/mol. The second-order valence-corrected chi connectivity index (χ2v) is 9.36. The zero-order chi connectivity index (χ0) is 21.3. The van der Waals surface area contributed by atoms with Gasteiger partial charge in [0, 0.05) is 44.9 Å². The summed E-state index contributed by atoms with van der Waals surface area (Å²) in [7, 11) is 0. The molecular formula is C23H31F2N3O2. The Labute approximate surface area is 176 Å². The van der Waals surface area contributed by atoms with E-state index in [0.29, 0.717) is 37.4 Å². The zero-order valence-corrected chi connectivity index (χ0v) is 17.6. The topological polar surface area (TPSA) is 52.7 Å². The first-order valence-electron chi connectivity index (χ1n) is 11.1. The maximum Gasteiger partial charge on any atom is 0.223 e. The molecule has 5 nitrogen and oxygen atoms in total. The van der Waals surface area contributed by atoms with Crippen molar-refractivity contribution in [2.75, 3.05) is 32.7 Å². The number of benzene rings is 1. The third-order valence-corrected chi connectivity index (χ3v) is 7.04. The Morgan fingerprint density at radius 2 is 2.07 bits per heavy atom. The number of hydrogen-bond acceptors (Lipinski definition) is 3. The monoisotopic (exact) mass is 419 g/mol. The van der Waals surface area contributed by atoms with Crippen molar-refractivity contribution in [2.45, 2.75) is 56.9 Å². The van der Waals surface area contributed by atoms with Crippen LogP contribution in [0.3, 0.4) is 0 Å². The number of carbonyl (C=O) groups excluding carboxylic acids is 2. The van der Waals surface area contributed by atoms with Crippen LogP contribution in [0.1, 0.15) is 56.9 Å². The summed E-state index contributed by atoms with van der Waals surface area (Å²) in [6.07, 6.45) is 4.80. The molecular weight excluding hydrogens is 388 g/mol. The molecule has 3 aliphatic rings. The average Bonchev–Trinajstić information content (AvgIpc) is 3.06. The minimum atomic E-state index is -0.895. The smallest absolute Gasteiger partial charge is 0.223 e. The van der Waals surface area contributed by atoms with Crippen LogP contribution in [0.4, 0.5) is 8.78 Å². The van der Waals surface area contributed by atoms with E-state index in [9.17, 15) is 18.4 Å². The van der Waals surface area contributed by atoms with E-state index in [1.807, 2.05) is 4.90 Å². The summed E-state index contributed by atoms with van der Waals surface area (Å²) in [5, 5.41) is 3.11. The van der Waals surface area contributed by atoms with Crippen molar-refractivity contribution in [3.8, 4) is 0 Å². The van der Waals surface area contributed by atoms with Gasteiger partial charge in [0.05, 0.1) is 5.54 Å². The second-order valence-electron chi connectivity index (χ2n) is 9.36. The van der Waals surface area contributed by atoms with Crippen molar-refractivity contribution in [1.82, 2.24) is 15.1 Å². The SMILES string of the molecule is C[C@@H]1CCCN(CCC(=O)N2C[C@@H](c3ccc(F)c(F)c3)[C@@]3(CCCC(=O)N3)C2)C1. The molecule has 0 aromatic heterocycles. The lowest BCUT2D eigenvalue weighted by Gasteiger charge is -2.39. The van der Waals surface area contributed by atoms with Gasteiger partial charge in [-0.2, -0.15) is 0 Å². The van der Waals surface area contributed by atoms with Gasteiger partial charge in [-0.15, -0.1) is 0 Å². The molecule has 0 radical (unpaired) electrons. The number of likely N-dealkylation sites (tertiary alicyclic amines) is 2. The van der Waals surface area contributed by atoms with Gasteiger partial charge >= 0.3 is 0 Å². The largest absolute Gasteiger partial charge is 0.348 e. The fourth-order valence-corrected chi connectivity index (χ4v) is 5.50. The second kappa shape index (κ2) is 8.61. The van der Waals surface area contributed by atoms with Crippen molar-refractivity contribution in [3.05, 3.63) is 35.4 Å². The van der Waals surface area contributed by atoms with Crippen LogP contribution in [0.2, 0.25) is 0 Å². The summed E-state index contributed by atoms with van der Waals surface area (Å²) in [6, 6.07) is 3.92. The Balaban J connectivity index is 1.49. The number of piperidine rings is 2. The molecule has 1 spiro atoms. The molecule has 3 saturated heterocycles. The normalized spacial score (nSPS) is 30.0. The quantitative estimate of drug-likeness (QED) is 0.816. The Kier molecular flexibility index (Phi) is 6.09. The van der Waals surface area contributed by atoms with Crippen LogP contribution in [-0.4, -0.2) is 59.9 Å². The third-order valence-electron chi connectivity index (χ3n) is 7.04. The van der Waals surface area contributed by atoms with E-state index in [4.69, 9.17) is 0 Å². The number of halogens is 2. The number of carbonyl (C=O) groups is 2. The van der Waals surface area contributed by atoms with Gasteiger partial charge in [0.1, 0.15) is 0 Å². The van der Waals surface area contributed by atoms with E-state index in [2.05, 4.69) is 17.1 Å². The van der Waals surface area contributed by atoms with Crippen molar-refractivity contribution < 1.29 is 18.4 Å². The molecule has 4 rings (SSSR count). The summed E-state index contributed by atoms with van der Waals surface area (Å²) in [6.45, 7) is 5.91. The molecule has 1 N–H and O–H groups in total. The standard InChI is InChI=1S/C23H31F2N3O2/c1-16-4-3-10-27(13-16)11-8-22(30)28-14-18(17-6-7-19(24)20(25)12-17)23(15-28)9-2-5-21(29)26-23/h6-7,12,16,18H,2-5,8-11,13-15H2,1H3,(H,26,29)/t16-,18+,23-/m1/s1. The van der Waals surface area contributed by atoms with Crippen LogP contribution in [0.5, 0.6) is 0 Å². The number of nitrogens with zero attached hydrogens (tertiary/aromatic N) is 2. The van der Waals surface area contributed by atoms with E-state index in [1.165, 1.54) is 18.9 Å². The fourth-order valence-electron chi connectivity index (χ4n) is 5.50. The molecule has 164 valence electrons. The highest BCUT2D eigenvalue weighted by Gasteiger charge is 2.50. The maximum atomic E-state index is 13.9. The van der Waals surface area contributed by atoms with Crippen LogP contribution < -0.4 is 5.32 Å². The molecule has 0 aliphatic carbocycles. The Bertz CT molecular complexity index is 818. The molecule has 3 fully saturated rings. The summed E-state index contributed by atoms with van der Waals surface area (Å²) in [5.41, 5.74) is 0.0331. The highest BCUT2D eigenvalue weighted by Crippen LogP contribution is 2.41. The minimum Gasteiger partial charge on any atom is -0.348 e. The number of nitrogens with one attached hydrogen (secondary N) is 1.